The Bertz CT molecular complexity index is 848. The highest BCUT2D eigenvalue weighted by atomic mass is 16.5. The number of methoxy groups -OCH3 is 2. The molecule has 148 valence electrons. The molecular formula is C22H26N2O4. The molecule has 0 aromatic heterocycles. The molecule has 1 atom stereocenters. The smallest absolute Gasteiger partial charge is 0.227 e. The lowest BCUT2D eigenvalue weighted by molar-refractivity contribution is -0.126. The molecule has 6 heteroatoms. The van der Waals surface area contributed by atoms with Gasteiger partial charge in [0.05, 0.1) is 20.1 Å². The molecule has 2 aromatic rings. The molecule has 3 rings (SSSR count). The maximum atomic E-state index is 12.6. The maximum Gasteiger partial charge on any atom is 0.227 e. The average Bonchev–Trinajstić information content (AvgIpc) is 3.13. The molecule has 0 radical (unpaired) electrons. The number of nitrogens with one attached hydrogen (secondary N) is 1. The van der Waals surface area contributed by atoms with E-state index in [2.05, 4.69) is 12.2 Å². The Labute approximate surface area is 165 Å². The number of nitrogens with zero attached hydrogens (tertiary/aromatic N) is 1. The van der Waals surface area contributed by atoms with E-state index in [9.17, 15) is 9.59 Å². The lowest BCUT2D eigenvalue weighted by atomic mass is 10.1. The first kappa shape index (κ1) is 19.7. The van der Waals surface area contributed by atoms with Crippen LogP contribution in [0.5, 0.6) is 11.5 Å². The Morgan fingerprint density at radius 2 is 1.89 bits per heavy atom. The number of hydrogen-bond acceptors (Lipinski definition) is 4. The van der Waals surface area contributed by atoms with Crippen molar-refractivity contribution in [3.8, 4) is 11.5 Å². The predicted molar refractivity (Wildman–Crippen MR) is 108 cm³/mol. The highest BCUT2D eigenvalue weighted by Crippen LogP contribution is 2.31. The van der Waals surface area contributed by atoms with Crippen molar-refractivity contribution in [1.29, 1.82) is 0 Å². The van der Waals surface area contributed by atoms with Crippen molar-refractivity contribution >= 4 is 17.5 Å². The molecule has 2 amide bonds. The fourth-order valence-corrected chi connectivity index (χ4v) is 3.46. The number of anilines is 1. The summed E-state index contributed by atoms with van der Waals surface area (Å²) in [5.74, 6) is 0.696. The molecule has 2 aromatic carbocycles. The zero-order chi connectivity index (χ0) is 20.1. The Kier molecular flexibility index (Phi) is 6.19. The first-order valence-corrected chi connectivity index (χ1v) is 9.44. The van der Waals surface area contributed by atoms with Gasteiger partial charge in [0.2, 0.25) is 11.8 Å². The monoisotopic (exact) mass is 382 g/mol. The molecule has 1 aliphatic heterocycles. The van der Waals surface area contributed by atoms with E-state index < -0.39 is 0 Å². The molecule has 28 heavy (non-hydrogen) atoms. The molecule has 1 saturated heterocycles. The summed E-state index contributed by atoms with van der Waals surface area (Å²) >= 11 is 0. The minimum absolute atomic E-state index is 0.0247. The summed E-state index contributed by atoms with van der Waals surface area (Å²) < 4.78 is 10.7. The van der Waals surface area contributed by atoms with Crippen LogP contribution in [0, 0.1) is 5.92 Å². The minimum Gasteiger partial charge on any atom is -0.493 e. The number of rotatable bonds is 7. The summed E-state index contributed by atoms with van der Waals surface area (Å²) in [6.07, 6.45) is 1.17. The van der Waals surface area contributed by atoms with Crippen molar-refractivity contribution < 1.29 is 19.1 Å². The number of benzene rings is 2. The van der Waals surface area contributed by atoms with Crippen molar-refractivity contribution in [3.05, 3.63) is 53.6 Å². The highest BCUT2D eigenvalue weighted by molar-refractivity contribution is 6.00. The van der Waals surface area contributed by atoms with Gasteiger partial charge in [-0.3, -0.25) is 9.59 Å². The fourth-order valence-electron chi connectivity index (χ4n) is 3.46. The second kappa shape index (κ2) is 8.78. The zero-order valence-corrected chi connectivity index (χ0v) is 16.5. The maximum absolute atomic E-state index is 12.6. The molecule has 1 heterocycles. The minimum atomic E-state index is -0.366. The second-order valence-corrected chi connectivity index (χ2v) is 6.80. The van der Waals surface area contributed by atoms with Crippen molar-refractivity contribution in [2.45, 2.75) is 26.3 Å². The van der Waals surface area contributed by atoms with Crippen LogP contribution in [0.15, 0.2) is 42.5 Å². The lowest BCUT2D eigenvalue weighted by Crippen LogP contribution is -2.32. The van der Waals surface area contributed by atoms with Gasteiger partial charge in [0, 0.05) is 30.8 Å². The molecule has 6 nitrogen and oxygen atoms in total. The molecule has 1 aliphatic rings. The second-order valence-electron chi connectivity index (χ2n) is 6.80. The summed E-state index contributed by atoms with van der Waals surface area (Å²) in [5, 5.41) is 2.92. The Morgan fingerprint density at radius 1 is 1.14 bits per heavy atom. The molecule has 0 saturated carbocycles. The molecule has 0 aliphatic carbocycles. The van der Waals surface area contributed by atoms with Crippen LogP contribution < -0.4 is 19.7 Å². The van der Waals surface area contributed by atoms with Gasteiger partial charge in [0.15, 0.2) is 11.5 Å². The Hall–Kier alpha value is -3.02. The predicted octanol–water partition coefficient (Wildman–Crippen LogP) is 2.94. The quantitative estimate of drug-likeness (QED) is 0.800. The Morgan fingerprint density at radius 3 is 2.54 bits per heavy atom. The van der Waals surface area contributed by atoms with Crippen molar-refractivity contribution in [3.63, 3.8) is 0 Å². The van der Waals surface area contributed by atoms with Gasteiger partial charge in [0.25, 0.3) is 0 Å². The number of carbonyl (C=O) groups is 2. The zero-order valence-electron chi connectivity index (χ0n) is 16.5. The topological polar surface area (TPSA) is 67.9 Å². The van der Waals surface area contributed by atoms with Crippen LogP contribution in [-0.2, 0) is 22.6 Å². The summed E-state index contributed by atoms with van der Waals surface area (Å²) in [7, 11) is 3.15. The van der Waals surface area contributed by atoms with Crippen LogP contribution in [0.25, 0.3) is 0 Å². The number of hydrogen-bond donors (Lipinski definition) is 1. The highest BCUT2D eigenvalue weighted by Gasteiger charge is 2.35. The molecule has 1 unspecified atom stereocenters. The van der Waals surface area contributed by atoms with Crippen LogP contribution >= 0.6 is 0 Å². The van der Waals surface area contributed by atoms with Gasteiger partial charge in [-0.2, -0.15) is 0 Å². The summed E-state index contributed by atoms with van der Waals surface area (Å²) in [6.45, 7) is 2.80. The van der Waals surface area contributed by atoms with Crippen LogP contribution in [-0.4, -0.2) is 32.6 Å². The fraction of sp³-hybridized carbons (Fsp3) is 0.364. The van der Waals surface area contributed by atoms with E-state index in [0.717, 1.165) is 17.7 Å². The van der Waals surface area contributed by atoms with Gasteiger partial charge in [-0.25, -0.2) is 0 Å². The van der Waals surface area contributed by atoms with Crippen molar-refractivity contribution in [2.75, 3.05) is 25.7 Å². The van der Waals surface area contributed by atoms with E-state index in [1.54, 1.807) is 19.1 Å². The number of para-hydroxylation sites is 1. The largest absolute Gasteiger partial charge is 0.493 e. The molecule has 1 N–H and O–H groups in total. The van der Waals surface area contributed by atoms with Gasteiger partial charge < -0.3 is 19.7 Å². The van der Waals surface area contributed by atoms with E-state index >= 15 is 0 Å². The summed E-state index contributed by atoms with van der Waals surface area (Å²) in [5.41, 5.74) is 2.88. The third kappa shape index (κ3) is 4.11. The summed E-state index contributed by atoms with van der Waals surface area (Å²) in [4.78, 5) is 26.7. The van der Waals surface area contributed by atoms with E-state index in [0.29, 0.717) is 24.6 Å². The van der Waals surface area contributed by atoms with E-state index in [1.807, 2.05) is 42.5 Å². The molecule has 1 fully saturated rings. The van der Waals surface area contributed by atoms with Gasteiger partial charge in [0.1, 0.15) is 0 Å². The first-order chi connectivity index (χ1) is 13.6. The number of aryl methyl sites for hydroxylation is 1. The van der Waals surface area contributed by atoms with Crippen LogP contribution in [0.1, 0.15) is 24.5 Å². The lowest BCUT2D eigenvalue weighted by Gasteiger charge is -2.17. The molecule has 0 spiro atoms. The number of ether oxygens (including phenoxy) is 2. The van der Waals surface area contributed by atoms with Gasteiger partial charge in [-0.15, -0.1) is 0 Å². The molecular weight excluding hydrogens is 356 g/mol. The van der Waals surface area contributed by atoms with E-state index in [1.165, 1.54) is 5.56 Å². The van der Waals surface area contributed by atoms with E-state index in [4.69, 9.17) is 9.47 Å². The number of carbonyl (C=O) groups excluding carboxylic acids is 2. The van der Waals surface area contributed by atoms with Gasteiger partial charge in [-0.05, 0) is 30.2 Å². The van der Waals surface area contributed by atoms with Crippen LogP contribution in [0.4, 0.5) is 5.69 Å². The van der Waals surface area contributed by atoms with E-state index in [-0.39, 0.29) is 24.2 Å². The third-order valence-corrected chi connectivity index (χ3v) is 5.09. The summed E-state index contributed by atoms with van der Waals surface area (Å²) in [6, 6.07) is 13.5. The van der Waals surface area contributed by atoms with Crippen molar-refractivity contribution in [2.24, 2.45) is 5.92 Å². The van der Waals surface area contributed by atoms with Crippen molar-refractivity contribution in [1.82, 2.24) is 5.32 Å². The molecule has 0 bridgehead atoms. The Balaban J connectivity index is 1.63. The van der Waals surface area contributed by atoms with Crippen LogP contribution in [0.2, 0.25) is 0 Å². The first-order valence-electron chi connectivity index (χ1n) is 9.44. The third-order valence-electron chi connectivity index (χ3n) is 5.09. The van der Waals surface area contributed by atoms with Gasteiger partial charge in [-0.1, -0.05) is 31.2 Å². The average molecular weight is 382 g/mol. The van der Waals surface area contributed by atoms with Crippen LogP contribution in [0.3, 0.4) is 0 Å². The van der Waals surface area contributed by atoms with Gasteiger partial charge >= 0.3 is 0 Å². The number of amides is 2. The normalized spacial score (nSPS) is 16.2. The SMILES string of the molecule is CCc1ccc(N2CC(C(=O)NCc3cccc(OC)c3OC)CC2=O)cc1. The standard InChI is InChI=1S/C22H26N2O4/c1-4-15-8-10-18(11-9-15)24-14-17(12-20(24)25)22(26)23-13-16-6-5-7-19(27-2)21(16)28-3/h5-11,17H,4,12-14H2,1-3H3,(H,23,26).